The van der Waals surface area contributed by atoms with Gasteiger partial charge >= 0.3 is 0 Å². The van der Waals surface area contributed by atoms with Crippen molar-refractivity contribution in [1.82, 2.24) is 0 Å². The molecule has 0 aliphatic heterocycles. The zero-order valence-corrected chi connectivity index (χ0v) is 9.50. The molecule has 0 aromatic carbocycles. The Bertz CT molecular complexity index is 16.3. The summed E-state index contributed by atoms with van der Waals surface area (Å²) < 4.78 is 0. The van der Waals surface area contributed by atoms with Crippen LogP contribution in [-0.2, 0) is 19.5 Å². The van der Waals surface area contributed by atoms with E-state index in [1.54, 1.807) is 0 Å². The minimum Gasteiger partial charge on any atom is -0.358 e. The molecule has 0 aliphatic rings. The Morgan fingerprint density at radius 3 is 1.25 bits per heavy atom. The van der Waals surface area contributed by atoms with Crippen LogP contribution in [-0.4, -0.2) is 0 Å². The molecule has 0 spiro atoms. The fourth-order valence-electron chi connectivity index (χ4n) is 0.500. The van der Waals surface area contributed by atoms with E-state index in [1.165, 1.54) is 25.7 Å². The molecule has 0 atom stereocenters. The molecular weight excluding hydrogens is 149 g/mol. The monoisotopic (exact) mass is 165 g/mol. The molecular formula is C7H17Zn-. The van der Waals surface area contributed by atoms with Crippen molar-refractivity contribution in [3.8, 4) is 0 Å². The van der Waals surface area contributed by atoms with Crippen molar-refractivity contribution >= 4 is 0 Å². The van der Waals surface area contributed by atoms with Gasteiger partial charge in [0.25, 0.3) is 0 Å². The van der Waals surface area contributed by atoms with Crippen molar-refractivity contribution in [3.05, 3.63) is 7.43 Å². The fourth-order valence-corrected chi connectivity index (χ4v) is 0.500. The largest absolute Gasteiger partial charge is 0.358 e. The molecule has 0 saturated carbocycles. The van der Waals surface area contributed by atoms with E-state index >= 15 is 0 Å². The van der Waals surface area contributed by atoms with Crippen molar-refractivity contribution in [3.63, 3.8) is 0 Å². The van der Waals surface area contributed by atoms with Crippen LogP contribution in [0, 0.1) is 7.43 Å². The maximum absolute atomic E-state index is 2.23. The van der Waals surface area contributed by atoms with Gasteiger partial charge in [0, 0.05) is 19.5 Å². The van der Waals surface area contributed by atoms with Crippen molar-refractivity contribution in [2.75, 3.05) is 0 Å². The van der Waals surface area contributed by atoms with E-state index in [9.17, 15) is 0 Å². The molecule has 0 amide bonds. The molecule has 0 aromatic heterocycles. The van der Waals surface area contributed by atoms with Gasteiger partial charge in [0.05, 0.1) is 0 Å². The molecule has 0 rings (SSSR count). The Hall–Kier alpha value is 0.623. The molecule has 0 aliphatic carbocycles. The van der Waals surface area contributed by atoms with E-state index in [0.717, 1.165) is 0 Å². The zero-order valence-electron chi connectivity index (χ0n) is 6.54. The molecule has 8 heavy (non-hydrogen) atoms. The van der Waals surface area contributed by atoms with Gasteiger partial charge in [-0.1, -0.05) is 39.5 Å². The number of rotatable bonds is 3. The van der Waals surface area contributed by atoms with Crippen molar-refractivity contribution in [2.24, 2.45) is 0 Å². The predicted molar refractivity (Wildman–Crippen MR) is 36.2 cm³/mol. The molecule has 0 saturated heterocycles. The minimum absolute atomic E-state index is 0. The van der Waals surface area contributed by atoms with Crippen LogP contribution in [0.15, 0.2) is 0 Å². The number of unbranched alkanes of at least 4 members (excludes halogenated alkanes) is 3. The first-order valence-corrected chi connectivity index (χ1v) is 2.91. The first-order valence-electron chi connectivity index (χ1n) is 2.91. The van der Waals surface area contributed by atoms with Crippen LogP contribution in [0.2, 0.25) is 0 Å². The van der Waals surface area contributed by atoms with Crippen molar-refractivity contribution in [1.29, 1.82) is 0 Å². The van der Waals surface area contributed by atoms with E-state index < -0.39 is 0 Å². The summed E-state index contributed by atoms with van der Waals surface area (Å²) in [6.45, 7) is 4.46. The number of hydrogen-bond acceptors (Lipinski definition) is 0. The molecule has 0 radical (unpaired) electrons. The topological polar surface area (TPSA) is 0 Å². The second-order valence-corrected chi connectivity index (χ2v) is 1.71. The first kappa shape index (κ1) is 15.8. The van der Waals surface area contributed by atoms with Crippen LogP contribution in [0.5, 0.6) is 0 Å². The SMILES string of the molecule is CCCCCC.[CH3-].[Zn]. The van der Waals surface area contributed by atoms with Gasteiger partial charge in [-0.15, -0.1) is 0 Å². The third-order valence-electron chi connectivity index (χ3n) is 0.957. The van der Waals surface area contributed by atoms with Gasteiger partial charge in [-0.3, -0.25) is 0 Å². The van der Waals surface area contributed by atoms with Gasteiger partial charge < -0.3 is 7.43 Å². The van der Waals surface area contributed by atoms with Crippen LogP contribution in [0.4, 0.5) is 0 Å². The van der Waals surface area contributed by atoms with Gasteiger partial charge in [0.1, 0.15) is 0 Å². The van der Waals surface area contributed by atoms with Crippen LogP contribution in [0.1, 0.15) is 39.5 Å². The second-order valence-electron chi connectivity index (χ2n) is 1.71. The smallest absolute Gasteiger partial charge is 0 e. The summed E-state index contributed by atoms with van der Waals surface area (Å²) in [5.41, 5.74) is 0. The van der Waals surface area contributed by atoms with E-state index in [1.807, 2.05) is 0 Å². The molecule has 0 fully saturated rings. The molecule has 0 unspecified atom stereocenters. The van der Waals surface area contributed by atoms with Crippen LogP contribution >= 0.6 is 0 Å². The summed E-state index contributed by atoms with van der Waals surface area (Å²) in [4.78, 5) is 0. The van der Waals surface area contributed by atoms with Crippen LogP contribution in [0.3, 0.4) is 0 Å². The average molecular weight is 167 g/mol. The van der Waals surface area contributed by atoms with Gasteiger partial charge in [-0.2, -0.15) is 0 Å². The quantitative estimate of drug-likeness (QED) is 0.344. The van der Waals surface area contributed by atoms with Crippen LogP contribution < -0.4 is 0 Å². The zero-order chi connectivity index (χ0) is 4.83. The van der Waals surface area contributed by atoms with E-state index in [0.29, 0.717) is 0 Å². The Balaban J connectivity index is -0.000000125. The fraction of sp³-hybridized carbons (Fsp3) is 0.857. The van der Waals surface area contributed by atoms with Gasteiger partial charge in [0.2, 0.25) is 0 Å². The first-order chi connectivity index (χ1) is 2.91. The minimum atomic E-state index is 0. The van der Waals surface area contributed by atoms with Crippen molar-refractivity contribution < 1.29 is 19.5 Å². The molecule has 0 aromatic rings. The Morgan fingerprint density at radius 2 is 1.12 bits per heavy atom. The third kappa shape index (κ3) is 16.0. The molecule has 0 heterocycles. The second kappa shape index (κ2) is 15.6. The van der Waals surface area contributed by atoms with Gasteiger partial charge in [-0.05, 0) is 0 Å². The van der Waals surface area contributed by atoms with E-state index in [-0.39, 0.29) is 26.9 Å². The Labute approximate surface area is 66.8 Å². The normalized spacial score (nSPS) is 6.75. The maximum atomic E-state index is 2.23. The third-order valence-corrected chi connectivity index (χ3v) is 0.957. The summed E-state index contributed by atoms with van der Waals surface area (Å²) in [7, 11) is 0. The summed E-state index contributed by atoms with van der Waals surface area (Å²) >= 11 is 0. The number of hydrogen-bond donors (Lipinski definition) is 0. The molecule has 48 valence electrons. The van der Waals surface area contributed by atoms with Crippen LogP contribution in [0.25, 0.3) is 0 Å². The van der Waals surface area contributed by atoms with E-state index in [2.05, 4.69) is 13.8 Å². The molecule has 1 heteroatoms. The standard InChI is InChI=1S/C6H14.CH3.Zn/c1-3-5-6-4-2;;/h3-6H2,1-2H3;1H3;/q;-1;. The summed E-state index contributed by atoms with van der Waals surface area (Å²) in [5, 5.41) is 0. The van der Waals surface area contributed by atoms with Gasteiger partial charge in [-0.25, -0.2) is 0 Å². The average Bonchev–Trinajstić information content (AvgIpc) is 1.61. The Kier molecular flexibility index (Phi) is 31.0. The summed E-state index contributed by atoms with van der Waals surface area (Å²) in [6.07, 6.45) is 5.54. The predicted octanol–water partition coefficient (Wildman–Crippen LogP) is 3.03. The Morgan fingerprint density at radius 1 is 0.875 bits per heavy atom. The van der Waals surface area contributed by atoms with E-state index in [4.69, 9.17) is 0 Å². The van der Waals surface area contributed by atoms with Gasteiger partial charge in [0.15, 0.2) is 0 Å². The molecule has 0 bridgehead atoms. The summed E-state index contributed by atoms with van der Waals surface area (Å²) in [5.74, 6) is 0. The maximum Gasteiger partial charge on any atom is 0 e. The summed E-state index contributed by atoms with van der Waals surface area (Å²) in [6, 6.07) is 0. The van der Waals surface area contributed by atoms with Crippen molar-refractivity contribution in [2.45, 2.75) is 39.5 Å². The molecule has 0 N–H and O–H groups in total. The molecule has 0 nitrogen and oxygen atoms in total.